The van der Waals surface area contributed by atoms with Crippen molar-refractivity contribution >= 4 is 28.6 Å². The molecule has 0 aliphatic carbocycles. The molecule has 18 heavy (non-hydrogen) atoms. The first-order valence-electron chi connectivity index (χ1n) is 5.58. The largest absolute Gasteiger partial charge is 0.481 e. The first kappa shape index (κ1) is 12.1. The Bertz CT molecular complexity index is 591. The van der Waals surface area contributed by atoms with Crippen molar-refractivity contribution in [2.45, 2.75) is 13.3 Å². The van der Waals surface area contributed by atoms with Gasteiger partial charge in [0.25, 0.3) is 0 Å². The van der Waals surface area contributed by atoms with E-state index >= 15 is 0 Å². The van der Waals surface area contributed by atoms with Crippen molar-refractivity contribution in [3.8, 4) is 0 Å². The quantitative estimate of drug-likeness (QED) is 0.715. The summed E-state index contributed by atoms with van der Waals surface area (Å²) < 4.78 is 0. The number of carbonyl (C=O) groups is 2. The van der Waals surface area contributed by atoms with E-state index in [2.05, 4.69) is 15.3 Å². The molecule has 0 radical (unpaired) electrons. The highest BCUT2D eigenvalue weighted by Gasteiger charge is 2.24. The Morgan fingerprint density at radius 1 is 1.50 bits per heavy atom. The molecule has 6 heteroatoms. The summed E-state index contributed by atoms with van der Waals surface area (Å²) in [5.41, 5.74) is 2.13. The van der Waals surface area contributed by atoms with Crippen molar-refractivity contribution in [2.75, 3.05) is 5.32 Å². The predicted molar refractivity (Wildman–Crippen MR) is 66.1 cm³/mol. The molecule has 0 spiro atoms. The van der Waals surface area contributed by atoms with Crippen molar-refractivity contribution in [3.05, 3.63) is 24.5 Å². The number of hydrogen-bond donors (Lipinski definition) is 3. The zero-order valence-electron chi connectivity index (χ0n) is 9.80. The summed E-state index contributed by atoms with van der Waals surface area (Å²) in [7, 11) is 0. The fraction of sp³-hybridized carbons (Fsp3) is 0.250. The zero-order valence-corrected chi connectivity index (χ0v) is 9.80. The normalized spacial score (nSPS) is 12.3. The molecule has 0 saturated heterocycles. The van der Waals surface area contributed by atoms with Crippen LogP contribution in [0.4, 0.5) is 5.69 Å². The van der Waals surface area contributed by atoms with Crippen LogP contribution >= 0.6 is 0 Å². The summed E-state index contributed by atoms with van der Waals surface area (Å²) in [6, 6.07) is 5.16. The van der Waals surface area contributed by atoms with E-state index in [1.165, 1.54) is 0 Å². The highest BCUT2D eigenvalue weighted by molar-refractivity contribution is 6.04. The summed E-state index contributed by atoms with van der Waals surface area (Å²) in [5.74, 6) is -2.65. The minimum Gasteiger partial charge on any atom is -0.481 e. The minimum atomic E-state index is -1.11. The Morgan fingerprint density at radius 2 is 2.28 bits per heavy atom. The third-order valence-electron chi connectivity index (χ3n) is 2.71. The molecule has 3 N–H and O–H groups in total. The Labute approximate surface area is 103 Å². The standard InChI is InChI=1S/C12H13N3O3/c1-2-8(12(17)18)11(16)15-7-3-4-9-10(5-7)14-6-13-9/h3-6,8H,2H2,1H3,(H,13,14)(H,15,16)(H,17,18). The number of carbonyl (C=O) groups excluding carboxylic acids is 1. The van der Waals surface area contributed by atoms with Crippen LogP contribution in [0.15, 0.2) is 24.5 Å². The summed E-state index contributed by atoms with van der Waals surface area (Å²) in [5, 5.41) is 11.5. The van der Waals surface area contributed by atoms with Gasteiger partial charge >= 0.3 is 5.97 Å². The fourth-order valence-corrected chi connectivity index (χ4v) is 1.71. The van der Waals surface area contributed by atoms with E-state index in [0.717, 1.165) is 11.0 Å². The molecule has 2 aromatic rings. The number of nitrogens with one attached hydrogen (secondary N) is 2. The third-order valence-corrected chi connectivity index (χ3v) is 2.71. The number of fused-ring (bicyclic) bond motifs is 1. The van der Waals surface area contributed by atoms with Crippen LogP contribution in [0, 0.1) is 5.92 Å². The smallest absolute Gasteiger partial charge is 0.316 e. The number of aliphatic carboxylic acids is 1. The van der Waals surface area contributed by atoms with Crippen LogP contribution in [0.1, 0.15) is 13.3 Å². The van der Waals surface area contributed by atoms with Crippen molar-refractivity contribution in [3.63, 3.8) is 0 Å². The lowest BCUT2D eigenvalue weighted by Crippen LogP contribution is -2.28. The van der Waals surface area contributed by atoms with Gasteiger partial charge in [0.15, 0.2) is 0 Å². The zero-order chi connectivity index (χ0) is 13.1. The van der Waals surface area contributed by atoms with E-state index < -0.39 is 17.8 Å². The number of imidazole rings is 1. The number of rotatable bonds is 4. The second kappa shape index (κ2) is 4.87. The van der Waals surface area contributed by atoms with E-state index in [9.17, 15) is 9.59 Å². The van der Waals surface area contributed by atoms with Gasteiger partial charge in [-0.2, -0.15) is 0 Å². The lowest BCUT2D eigenvalue weighted by atomic mass is 10.1. The number of amides is 1. The van der Waals surface area contributed by atoms with Gasteiger partial charge in [-0.05, 0) is 24.6 Å². The molecule has 94 valence electrons. The molecule has 0 fully saturated rings. The van der Waals surface area contributed by atoms with Crippen LogP contribution in [0.3, 0.4) is 0 Å². The molecule has 0 saturated carbocycles. The van der Waals surface area contributed by atoms with Crippen LogP contribution in [-0.4, -0.2) is 27.0 Å². The van der Waals surface area contributed by atoms with Gasteiger partial charge in [0, 0.05) is 5.69 Å². The Balaban J connectivity index is 2.17. The lowest BCUT2D eigenvalue weighted by molar-refractivity contribution is -0.145. The molecule has 6 nitrogen and oxygen atoms in total. The SMILES string of the molecule is CCC(C(=O)O)C(=O)Nc1ccc2nc[nH]c2c1. The van der Waals surface area contributed by atoms with Crippen LogP contribution < -0.4 is 5.32 Å². The number of hydrogen-bond acceptors (Lipinski definition) is 3. The van der Waals surface area contributed by atoms with Gasteiger partial charge in [-0.15, -0.1) is 0 Å². The van der Waals surface area contributed by atoms with Crippen molar-refractivity contribution in [2.24, 2.45) is 5.92 Å². The molecule has 1 aromatic heterocycles. The maximum Gasteiger partial charge on any atom is 0.316 e. The minimum absolute atomic E-state index is 0.257. The van der Waals surface area contributed by atoms with Gasteiger partial charge in [-0.1, -0.05) is 6.92 Å². The van der Waals surface area contributed by atoms with Crippen LogP contribution in [0.2, 0.25) is 0 Å². The van der Waals surface area contributed by atoms with Crippen molar-refractivity contribution in [1.29, 1.82) is 0 Å². The van der Waals surface area contributed by atoms with Crippen molar-refractivity contribution < 1.29 is 14.7 Å². The fourth-order valence-electron chi connectivity index (χ4n) is 1.71. The number of nitrogens with zero attached hydrogens (tertiary/aromatic N) is 1. The van der Waals surface area contributed by atoms with Gasteiger partial charge < -0.3 is 15.4 Å². The van der Waals surface area contributed by atoms with E-state index in [0.29, 0.717) is 5.69 Å². The van der Waals surface area contributed by atoms with Crippen LogP contribution in [0.5, 0.6) is 0 Å². The molecule has 2 rings (SSSR count). The number of carboxylic acids is 1. The van der Waals surface area contributed by atoms with E-state index in [1.54, 1.807) is 31.5 Å². The number of anilines is 1. The first-order chi connectivity index (χ1) is 8.61. The second-order valence-corrected chi connectivity index (χ2v) is 3.92. The Hall–Kier alpha value is -2.37. The third kappa shape index (κ3) is 2.32. The summed E-state index contributed by atoms with van der Waals surface area (Å²) in [6.45, 7) is 1.66. The molecular formula is C12H13N3O3. The molecule has 1 amide bonds. The van der Waals surface area contributed by atoms with Crippen LogP contribution in [-0.2, 0) is 9.59 Å². The van der Waals surface area contributed by atoms with Crippen molar-refractivity contribution in [1.82, 2.24) is 9.97 Å². The van der Waals surface area contributed by atoms with Gasteiger partial charge in [0.1, 0.15) is 5.92 Å². The Kier molecular flexibility index (Phi) is 3.27. The lowest BCUT2D eigenvalue weighted by Gasteiger charge is -2.10. The van der Waals surface area contributed by atoms with Gasteiger partial charge in [0.2, 0.25) is 5.91 Å². The topological polar surface area (TPSA) is 95.1 Å². The van der Waals surface area contributed by atoms with E-state index in [-0.39, 0.29) is 6.42 Å². The second-order valence-electron chi connectivity index (χ2n) is 3.92. The van der Waals surface area contributed by atoms with E-state index in [4.69, 9.17) is 5.11 Å². The van der Waals surface area contributed by atoms with Gasteiger partial charge in [0.05, 0.1) is 17.4 Å². The molecule has 1 aromatic carbocycles. The number of benzene rings is 1. The summed E-state index contributed by atoms with van der Waals surface area (Å²) in [4.78, 5) is 29.6. The average Bonchev–Trinajstić information content (AvgIpc) is 2.76. The monoisotopic (exact) mass is 247 g/mol. The maximum absolute atomic E-state index is 11.7. The summed E-state index contributed by atoms with van der Waals surface area (Å²) in [6.07, 6.45) is 1.82. The number of aromatic nitrogens is 2. The molecule has 0 bridgehead atoms. The number of carboxylic acid groups (broad SMARTS) is 1. The molecule has 1 atom stereocenters. The number of aromatic amines is 1. The summed E-state index contributed by atoms with van der Waals surface area (Å²) >= 11 is 0. The molecular weight excluding hydrogens is 234 g/mol. The average molecular weight is 247 g/mol. The molecule has 1 unspecified atom stereocenters. The van der Waals surface area contributed by atoms with Gasteiger partial charge in [-0.3, -0.25) is 9.59 Å². The highest BCUT2D eigenvalue weighted by Crippen LogP contribution is 2.17. The Morgan fingerprint density at radius 3 is 2.94 bits per heavy atom. The molecule has 1 heterocycles. The molecule has 0 aliphatic heterocycles. The maximum atomic E-state index is 11.7. The van der Waals surface area contributed by atoms with E-state index in [1.807, 2.05) is 0 Å². The van der Waals surface area contributed by atoms with Crippen LogP contribution in [0.25, 0.3) is 11.0 Å². The highest BCUT2D eigenvalue weighted by atomic mass is 16.4. The van der Waals surface area contributed by atoms with Gasteiger partial charge in [-0.25, -0.2) is 4.98 Å². The predicted octanol–water partition coefficient (Wildman–Crippen LogP) is 1.61. The number of H-pyrrole nitrogens is 1. The molecule has 0 aliphatic rings. The first-order valence-corrected chi connectivity index (χ1v) is 5.58.